The van der Waals surface area contributed by atoms with Gasteiger partial charge in [0.2, 0.25) is 0 Å². The number of rotatable bonds is 5. The number of nitrogens with zero attached hydrogens (tertiary/aromatic N) is 1. The predicted molar refractivity (Wildman–Crippen MR) is 115 cm³/mol. The molecule has 4 rings (SSSR count). The van der Waals surface area contributed by atoms with Gasteiger partial charge in [-0.25, -0.2) is 0 Å². The molecule has 0 aliphatic carbocycles. The Morgan fingerprint density at radius 3 is 2.40 bits per heavy atom. The number of aryl methyl sites for hydroxylation is 1. The number of carbonyl (C=O) groups excluding carboxylic acids is 2. The van der Waals surface area contributed by atoms with E-state index in [1.54, 1.807) is 31.4 Å². The summed E-state index contributed by atoms with van der Waals surface area (Å²) >= 11 is 0. The summed E-state index contributed by atoms with van der Waals surface area (Å²) in [5, 5.41) is 2.87. The Labute approximate surface area is 175 Å². The fourth-order valence-corrected chi connectivity index (χ4v) is 3.59. The highest BCUT2D eigenvalue weighted by Crippen LogP contribution is 2.26. The zero-order valence-corrected chi connectivity index (χ0v) is 17.1. The van der Waals surface area contributed by atoms with Gasteiger partial charge >= 0.3 is 0 Å². The van der Waals surface area contributed by atoms with Gasteiger partial charge in [0.05, 0.1) is 7.11 Å². The minimum absolute atomic E-state index is 0.0450. The average Bonchev–Trinajstić information content (AvgIpc) is 3.47. The van der Waals surface area contributed by atoms with Gasteiger partial charge in [-0.2, -0.15) is 0 Å². The Morgan fingerprint density at radius 2 is 1.73 bits per heavy atom. The molecule has 1 N–H and O–H groups in total. The normalized spacial score (nSPS) is 13.3. The standard InChI is InChI=1S/C24H24N2O4/c1-16-15-18(24(28)26-13-3-4-14-26)7-10-20(16)25-23(27)22-12-11-21(30-22)17-5-8-19(29-2)9-6-17/h5-12,15H,3-4,13-14H2,1-2H3,(H,25,27). The molecule has 0 saturated carbocycles. The van der Waals surface area contributed by atoms with Crippen LogP contribution in [-0.2, 0) is 0 Å². The first-order valence-electron chi connectivity index (χ1n) is 10.0. The topological polar surface area (TPSA) is 71.8 Å². The Bertz CT molecular complexity index is 1060. The number of amides is 2. The van der Waals surface area contributed by atoms with Crippen LogP contribution in [-0.4, -0.2) is 36.9 Å². The summed E-state index contributed by atoms with van der Waals surface area (Å²) in [6, 6.07) is 16.2. The minimum atomic E-state index is -0.337. The number of furan rings is 1. The molecule has 2 amide bonds. The molecule has 6 heteroatoms. The lowest BCUT2D eigenvalue weighted by molar-refractivity contribution is 0.0792. The van der Waals surface area contributed by atoms with Gasteiger partial charge in [0.25, 0.3) is 11.8 Å². The Hall–Kier alpha value is -3.54. The van der Waals surface area contributed by atoms with Crippen LogP contribution in [0.15, 0.2) is 59.0 Å². The van der Waals surface area contributed by atoms with Crippen LogP contribution in [0.1, 0.15) is 39.3 Å². The Balaban J connectivity index is 1.46. The van der Waals surface area contributed by atoms with E-state index >= 15 is 0 Å². The summed E-state index contributed by atoms with van der Waals surface area (Å²) in [6.45, 7) is 3.50. The molecular formula is C24H24N2O4. The number of likely N-dealkylation sites (tertiary alicyclic amines) is 1. The highest BCUT2D eigenvalue weighted by atomic mass is 16.5. The summed E-state index contributed by atoms with van der Waals surface area (Å²) < 4.78 is 10.9. The highest BCUT2D eigenvalue weighted by Gasteiger charge is 2.20. The maximum atomic E-state index is 12.6. The number of ether oxygens (including phenoxy) is 1. The lowest BCUT2D eigenvalue weighted by atomic mass is 10.1. The molecule has 0 radical (unpaired) electrons. The van der Waals surface area contributed by atoms with Crippen LogP contribution in [0, 0.1) is 6.92 Å². The third-order valence-corrected chi connectivity index (χ3v) is 5.32. The summed E-state index contributed by atoms with van der Waals surface area (Å²) in [5.41, 5.74) is 2.98. The molecule has 0 spiro atoms. The second kappa shape index (κ2) is 8.45. The monoisotopic (exact) mass is 404 g/mol. The van der Waals surface area contributed by atoms with Crippen LogP contribution in [0.25, 0.3) is 11.3 Å². The summed E-state index contributed by atoms with van der Waals surface area (Å²) in [6.07, 6.45) is 2.11. The van der Waals surface area contributed by atoms with Gasteiger partial charge in [0.15, 0.2) is 5.76 Å². The maximum Gasteiger partial charge on any atom is 0.291 e. The zero-order chi connectivity index (χ0) is 21.1. The summed E-state index contributed by atoms with van der Waals surface area (Å²) in [5.74, 6) is 1.29. The van der Waals surface area contributed by atoms with Crippen molar-refractivity contribution in [2.24, 2.45) is 0 Å². The van der Waals surface area contributed by atoms with Crippen molar-refractivity contribution < 1.29 is 18.7 Å². The lowest BCUT2D eigenvalue weighted by Crippen LogP contribution is -2.27. The fraction of sp³-hybridized carbons (Fsp3) is 0.250. The lowest BCUT2D eigenvalue weighted by Gasteiger charge is -2.16. The molecular weight excluding hydrogens is 380 g/mol. The van der Waals surface area contributed by atoms with E-state index in [0.29, 0.717) is 17.0 Å². The van der Waals surface area contributed by atoms with Crippen LogP contribution in [0.4, 0.5) is 5.69 Å². The quantitative estimate of drug-likeness (QED) is 0.666. The second-order valence-electron chi connectivity index (χ2n) is 7.38. The van der Waals surface area contributed by atoms with E-state index in [-0.39, 0.29) is 17.6 Å². The number of hydrogen-bond acceptors (Lipinski definition) is 4. The van der Waals surface area contributed by atoms with Gasteiger partial charge in [0, 0.05) is 29.9 Å². The van der Waals surface area contributed by atoms with Crippen molar-refractivity contribution in [2.45, 2.75) is 19.8 Å². The number of carbonyl (C=O) groups is 2. The zero-order valence-electron chi connectivity index (χ0n) is 17.1. The molecule has 0 unspecified atom stereocenters. The van der Waals surface area contributed by atoms with Gasteiger partial charge in [-0.3, -0.25) is 9.59 Å². The molecule has 2 heterocycles. The van der Waals surface area contributed by atoms with Crippen molar-refractivity contribution >= 4 is 17.5 Å². The van der Waals surface area contributed by atoms with Crippen molar-refractivity contribution in [1.29, 1.82) is 0 Å². The van der Waals surface area contributed by atoms with E-state index in [0.717, 1.165) is 42.8 Å². The summed E-state index contributed by atoms with van der Waals surface area (Å²) in [4.78, 5) is 27.1. The molecule has 1 fully saturated rings. The van der Waals surface area contributed by atoms with E-state index in [2.05, 4.69) is 5.32 Å². The molecule has 6 nitrogen and oxygen atoms in total. The van der Waals surface area contributed by atoms with Crippen LogP contribution in [0.3, 0.4) is 0 Å². The molecule has 1 aliphatic rings. The Morgan fingerprint density at radius 1 is 1.00 bits per heavy atom. The average molecular weight is 404 g/mol. The third-order valence-electron chi connectivity index (χ3n) is 5.32. The molecule has 1 aliphatic heterocycles. The van der Waals surface area contributed by atoms with Crippen molar-refractivity contribution in [1.82, 2.24) is 4.90 Å². The number of anilines is 1. The molecule has 1 saturated heterocycles. The molecule has 0 atom stereocenters. The maximum absolute atomic E-state index is 12.6. The van der Waals surface area contributed by atoms with E-state index in [1.807, 2.05) is 42.2 Å². The summed E-state index contributed by atoms with van der Waals surface area (Å²) in [7, 11) is 1.61. The van der Waals surface area contributed by atoms with E-state index in [4.69, 9.17) is 9.15 Å². The van der Waals surface area contributed by atoms with Gasteiger partial charge in [-0.1, -0.05) is 0 Å². The smallest absolute Gasteiger partial charge is 0.291 e. The van der Waals surface area contributed by atoms with Crippen LogP contribution in [0.2, 0.25) is 0 Å². The number of methoxy groups -OCH3 is 1. The van der Waals surface area contributed by atoms with Gasteiger partial charge in [0.1, 0.15) is 11.5 Å². The van der Waals surface area contributed by atoms with Crippen molar-refractivity contribution in [2.75, 3.05) is 25.5 Å². The molecule has 154 valence electrons. The molecule has 0 bridgehead atoms. The van der Waals surface area contributed by atoms with Crippen LogP contribution >= 0.6 is 0 Å². The first-order chi connectivity index (χ1) is 14.5. The molecule has 1 aromatic heterocycles. The highest BCUT2D eigenvalue weighted by molar-refractivity contribution is 6.03. The number of hydrogen-bond donors (Lipinski definition) is 1. The van der Waals surface area contributed by atoms with E-state index in [1.165, 1.54) is 0 Å². The SMILES string of the molecule is COc1ccc(-c2ccc(C(=O)Nc3ccc(C(=O)N4CCCC4)cc3C)o2)cc1. The van der Waals surface area contributed by atoms with Crippen molar-refractivity contribution in [3.05, 3.63) is 71.5 Å². The van der Waals surface area contributed by atoms with Gasteiger partial charge in [-0.15, -0.1) is 0 Å². The molecule has 3 aromatic rings. The van der Waals surface area contributed by atoms with Gasteiger partial charge < -0.3 is 19.4 Å². The van der Waals surface area contributed by atoms with Gasteiger partial charge in [-0.05, 0) is 79.9 Å². The number of nitrogens with one attached hydrogen (secondary N) is 1. The first kappa shape index (κ1) is 19.8. The first-order valence-corrected chi connectivity index (χ1v) is 10.0. The van der Waals surface area contributed by atoms with Crippen LogP contribution < -0.4 is 10.1 Å². The van der Waals surface area contributed by atoms with Crippen molar-refractivity contribution in [3.8, 4) is 17.1 Å². The molecule has 30 heavy (non-hydrogen) atoms. The second-order valence-corrected chi connectivity index (χ2v) is 7.38. The molecule has 2 aromatic carbocycles. The Kier molecular flexibility index (Phi) is 5.57. The van der Waals surface area contributed by atoms with Crippen LogP contribution in [0.5, 0.6) is 5.75 Å². The largest absolute Gasteiger partial charge is 0.497 e. The minimum Gasteiger partial charge on any atom is -0.497 e. The van der Waals surface area contributed by atoms with E-state index < -0.39 is 0 Å². The van der Waals surface area contributed by atoms with Crippen molar-refractivity contribution in [3.63, 3.8) is 0 Å². The third kappa shape index (κ3) is 4.08. The predicted octanol–water partition coefficient (Wildman–Crippen LogP) is 4.75. The van der Waals surface area contributed by atoms with E-state index in [9.17, 15) is 9.59 Å². The fourth-order valence-electron chi connectivity index (χ4n) is 3.59. The number of benzene rings is 2.